The number of carbonyl (C=O) groups is 2. The number of rotatable bonds is 4. The Morgan fingerprint density at radius 1 is 1.39 bits per heavy atom. The van der Waals surface area contributed by atoms with Gasteiger partial charge in [0.25, 0.3) is 5.91 Å². The fourth-order valence-electron chi connectivity index (χ4n) is 2.57. The number of nitrogens with one attached hydrogen (secondary N) is 1. The summed E-state index contributed by atoms with van der Waals surface area (Å²) in [5.74, 6) is 0.277. The molecule has 23 heavy (non-hydrogen) atoms. The van der Waals surface area contributed by atoms with Gasteiger partial charge in [0.1, 0.15) is 5.75 Å². The maximum Gasteiger partial charge on any atom is 0.409 e. The summed E-state index contributed by atoms with van der Waals surface area (Å²) in [5.41, 5.74) is 1.24. The van der Waals surface area contributed by atoms with Crippen LogP contribution in [0.25, 0.3) is 0 Å². The van der Waals surface area contributed by atoms with Crippen molar-refractivity contribution in [2.75, 3.05) is 26.8 Å². The second-order valence-electron chi connectivity index (χ2n) is 5.46. The normalized spacial score (nSPS) is 15.2. The quantitative estimate of drug-likeness (QED) is 0.914. The largest absolute Gasteiger partial charge is 0.494 e. The Balaban J connectivity index is 1.93. The first kappa shape index (κ1) is 17.1. The summed E-state index contributed by atoms with van der Waals surface area (Å²) in [6, 6.07) is 1.74. The van der Waals surface area contributed by atoms with Crippen LogP contribution in [0.15, 0.2) is 12.3 Å². The van der Waals surface area contributed by atoms with Gasteiger partial charge in [0.05, 0.1) is 25.5 Å². The predicted molar refractivity (Wildman–Crippen MR) is 84.6 cm³/mol. The molecular weight excluding hydrogens is 298 g/mol. The van der Waals surface area contributed by atoms with Crippen LogP contribution >= 0.6 is 0 Å². The topological polar surface area (TPSA) is 80.8 Å². The molecule has 0 bridgehead atoms. The number of nitrogens with zero attached hydrogens (tertiary/aromatic N) is 2. The summed E-state index contributed by atoms with van der Waals surface area (Å²) in [7, 11) is 1.51. The molecule has 0 radical (unpaired) electrons. The molecule has 2 amide bonds. The molecule has 0 spiro atoms. The molecule has 7 nitrogen and oxygen atoms in total. The van der Waals surface area contributed by atoms with Crippen molar-refractivity contribution < 1.29 is 19.1 Å². The summed E-state index contributed by atoms with van der Waals surface area (Å²) in [6.07, 6.45) is 2.67. The minimum Gasteiger partial charge on any atom is -0.494 e. The zero-order valence-corrected chi connectivity index (χ0v) is 13.8. The summed E-state index contributed by atoms with van der Waals surface area (Å²) < 4.78 is 10.2. The van der Waals surface area contributed by atoms with Crippen LogP contribution in [0.1, 0.15) is 35.8 Å². The van der Waals surface area contributed by atoms with Crippen molar-refractivity contribution >= 4 is 12.0 Å². The number of amides is 2. The second-order valence-corrected chi connectivity index (χ2v) is 5.46. The number of ether oxygens (including phenoxy) is 2. The molecule has 1 aliphatic heterocycles. The van der Waals surface area contributed by atoms with E-state index in [1.807, 2.05) is 6.92 Å². The standard InChI is InChI=1S/C16H23N3O4/c1-4-23-16(21)19-7-5-12(6-8-19)18-15(20)13-9-11(2)17-10-14(13)22-3/h9-10,12H,4-8H2,1-3H3,(H,18,20). The molecule has 7 heteroatoms. The Kier molecular flexibility index (Phi) is 5.78. The second kappa shape index (κ2) is 7.80. The van der Waals surface area contributed by atoms with E-state index >= 15 is 0 Å². The summed E-state index contributed by atoms with van der Waals surface area (Å²) >= 11 is 0. The van der Waals surface area contributed by atoms with Gasteiger partial charge >= 0.3 is 6.09 Å². The fourth-order valence-corrected chi connectivity index (χ4v) is 2.57. The van der Waals surface area contributed by atoms with Gasteiger partial charge in [0.15, 0.2) is 0 Å². The zero-order chi connectivity index (χ0) is 16.8. The Morgan fingerprint density at radius 2 is 2.09 bits per heavy atom. The third-order valence-electron chi connectivity index (χ3n) is 3.82. The predicted octanol–water partition coefficient (Wildman–Crippen LogP) is 1.75. The average Bonchev–Trinajstić information content (AvgIpc) is 2.55. The van der Waals surface area contributed by atoms with Crippen molar-refractivity contribution in [2.45, 2.75) is 32.7 Å². The molecule has 0 aliphatic carbocycles. The number of pyridine rings is 1. The van der Waals surface area contributed by atoms with Gasteiger partial charge in [-0.3, -0.25) is 9.78 Å². The number of hydrogen-bond acceptors (Lipinski definition) is 5. The van der Waals surface area contributed by atoms with Crippen LogP contribution in [0.2, 0.25) is 0 Å². The molecule has 2 rings (SSSR count). The van der Waals surface area contributed by atoms with Crippen LogP contribution in [0.5, 0.6) is 5.75 Å². The first-order chi connectivity index (χ1) is 11.0. The number of piperidine rings is 1. The highest BCUT2D eigenvalue weighted by atomic mass is 16.6. The van der Waals surface area contributed by atoms with E-state index in [1.54, 1.807) is 24.1 Å². The van der Waals surface area contributed by atoms with Crippen molar-refractivity contribution in [1.29, 1.82) is 0 Å². The molecule has 1 N–H and O–H groups in total. The molecule has 2 heterocycles. The van der Waals surface area contributed by atoms with Crippen molar-refractivity contribution in [3.8, 4) is 5.75 Å². The van der Waals surface area contributed by atoms with Crippen LogP contribution in [0.4, 0.5) is 4.79 Å². The number of carbonyl (C=O) groups excluding carboxylic acids is 2. The van der Waals surface area contributed by atoms with E-state index in [-0.39, 0.29) is 18.0 Å². The molecule has 0 unspecified atom stereocenters. The van der Waals surface area contributed by atoms with Gasteiger partial charge in [0.2, 0.25) is 0 Å². The molecular formula is C16H23N3O4. The Bertz CT molecular complexity index is 568. The SMILES string of the molecule is CCOC(=O)N1CCC(NC(=O)c2cc(C)ncc2OC)CC1. The monoisotopic (exact) mass is 321 g/mol. The lowest BCUT2D eigenvalue weighted by Gasteiger charge is -2.31. The van der Waals surface area contributed by atoms with Crippen molar-refractivity contribution in [3.63, 3.8) is 0 Å². The highest BCUT2D eigenvalue weighted by Crippen LogP contribution is 2.19. The van der Waals surface area contributed by atoms with Gasteiger partial charge in [-0.05, 0) is 32.8 Å². The molecule has 0 atom stereocenters. The van der Waals surface area contributed by atoms with E-state index in [0.717, 1.165) is 5.69 Å². The van der Waals surface area contributed by atoms with E-state index in [4.69, 9.17) is 9.47 Å². The molecule has 1 aromatic rings. The number of methoxy groups -OCH3 is 1. The van der Waals surface area contributed by atoms with E-state index in [1.165, 1.54) is 7.11 Å². The van der Waals surface area contributed by atoms with Gasteiger partial charge in [-0.15, -0.1) is 0 Å². The Labute approximate surface area is 136 Å². The first-order valence-corrected chi connectivity index (χ1v) is 7.78. The van der Waals surface area contributed by atoms with Gasteiger partial charge in [-0.2, -0.15) is 0 Å². The highest BCUT2D eigenvalue weighted by molar-refractivity contribution is 5.97. The average molecular weight is 321 g/mol. The van der Waals surface area contributed by atoms with Crippen LogP contribution in [0.3, 0.4) is 0 Å². The Morgan fingerprint density at radius 3 is 2.70 bits per heavy atom. The van der Waals surface area contributed by atoms with Gasteiger partial charge < -0.3 is 19.7 Å². The summed E-state index contributed by atoms with van der Waals surface area (Å²) in [6.45, 7) is 5.15. The van der Waals surface area contributed by atoms with Gasteiger partial charge in [-0.25, -0.2) is 4.79 Å². The number of likely N-dealkylation sites (tertiary alicyclic amines) is 1. The summed E-state index contributed by atoms with van der Waals surface area (Å²) in [4.78, 5) is 29.9. The molecule has 0 aromatic carbocycles. The first-order valence-electron chi connectivity index (χ1n) is 7.78. The lowest BCUT2D eigenvalue weighted by molar-refractivity contribution is 0.0858. The van der Waals surface area contributed by atoms with E-state index in [2.05, 4.69) is 10.3 Å². The van der Waals surface area contributed by atoms with E-state index in [9.17, 15) is 9.59 Å². The van der Waals surface area contributed by atoms with Gasteiger partial charge in [0, 0.05) is 24.8 Å². The maximum atomic E-state index is 12.4. The minimum atomic E-state index is -0.288. The van der Waals surface area contributed by atoms with Crippen LogP contribution in [-0.4, -0.2) is 54.7 Å². The van der Waals surface area contributed by atoms with Crippen LogP contribution in [0, 0.1) is 6.92 Å². The molecule has 126 valence electrons. The smallest absolute Gasteiger partial charge is 0.409 e. The number of aryl methyl sites for hydroxylation is 1. The van der Waals surface area contributed by atoms with Crippen LogP contribution in [-0.2, 0) is 4.74 Å². The molecule has 1 aromatic heterocycles. The maximum absolute atomic E-state index is 12.4. The third-order valence-corrected chi connectivity index (χ3v) is 3.82. The lowest BCUT2D eigenvalue weighted by atomic mass is 10.0. The molecule has 1 saturated heterocycles. The van der Waals surface area contributed by atoms with Crippen molar-refractivity contribution in [3.05, 3.63) is 23.5 Å². The Hall–Kier alpha value is -2.31. The van der Waals surface area contributed by atoms with E-state index < -0.39 is 0 Å². The number of hydrogen-bond donors (Lipinski definition) is 1. The minimum absolute atomic E-state index is 0.0337. The lowest BCUT2D eigenvalue weighted by Crippen LogP contribution is -2.46. The molecule has 1 fully saturated rings. The van der Waals surface area contributed by atoms with Crippen LogP contribution < -0.4 is 10.1 Å². The number of aromatic nitrogens is 1. The van der Waals surface area contributed by atoms with Crippen molar-refractivity contribution in [1.82, 2.24) is 15.2 Å². The fraction of sp³-hybridized carbons (Fsp3) is 0.562. The van der Waals surface area contributed by atoms with Crippen molar-refractivity contribution in [2.24, 2.45) is 0 Å². The summed E-state index contributed by atoms with van der Waals surface area (Å²) in [5, 5.41) is 3.00. The van der Waals surface area contributed by atoms with Gasteiger partial charge in [-0.1, -0.05) is 0 Å². The zero-order valence-electron chi connectivity index (χ0n) is 13.8. The van der Waals surface area contributed by atoms with E-state index in [0.29, 0.717) is 43.9 Å². The third kappa shape index (κ3) is 4.34. The highest BCUT2D eigenvalue weighted by Gasteiger charge is 2.25. The molecule has 0 saturated carbocycles. The molecule has 1 aliphatic rings.